The van der Waals surface area contributed by atoms with Crippen molar-refractivity contribution in [2.45, 2.75) is 38.3 Å². The van der Waals surface area contributed by atoms with Gasteiger partial charge in [-0.2, -0.15) is 0 Å². The van der Waals surface area contributed by atoms with Gasteiger partial charge in [0, 0.05) is 25.7 Å². The first kappa shape index (κ1) is 22.0. The molecule has 8 heteroatoms. The average Bonchev–Trinajstić information content (AvgIpc) is 3.34. The van der Waals surface area contributed by atoms with Crippen molar-refractivity contribution in [2.75, 3.05) is 31.1 Å². The number of piperidine rings is 1. The Morgan fingerprint density at radius 2 is 2.15 bits per heavy atom. The van der Waals surface area contributed by atoms with E-state index in [1.54, 1.807) is 36.7 Å². The molecule has 0 aromatic carbocycles. The summed E-state index contributed by atoms with van der Waals surface area (Å²) in [5, 5.41) is 20.8. The number of rotatable bonds is 6. The number of nitrogens with zero attached hydrogens (tertiary/aromatic N) is 2. The zero-order chi connectivity index (χ0) is 18.4. The number of anilines is 1. The highest BCUT2D eigenvalue weighted by atomic mass is 127. The zero-order valence-electron chi connectivity index (χ0n) is 15.9. The fourth-order valence-corrected chi connectivity index (χ4v) is 3.89. The molecule has 0 bridgehead atoms. The van der Waals surface area contributed by atoms with Gasteiger partial charge in [-0.05, 0) is 56.3 Å². The van der Waals surface area contributed by atoms with E-state index in [0.29, 0.717) is 11.8 Å². The van der Waals surface area contributed by atoms with Crippen molar-refractivity contribution in [1.29, 1.82) is 0 Å². The van der Waals surface area contributed by atoms with Crippen molar-refractivity contribution in [3.8, 4) is 0 Å². The minimum absolute atomic E-state index is 0. The number of aliphatic hydroxyl groups is 1. The topological polar surface area (TPSA) is 73.0 Å². The lowest BCUT2D eigenvalue weighted by Gasteiger charge is -2.33. The fraction of sp³-hybridized carbons (Fsp3) is 0.526. The standard InChI is InChI=1S/C19H28N4O2S.HI/c1-3-20-18(21-14-19(2,24)16-6-4-12-25-16)22-15-8-10-23(11-9-15)17-7-5-13-26-17;/h4-7,12-13,15,24H,3,8-11,14H2,1-2H3,(H2,20,21,22);1H. The lowest BCUT2D eigenvalue weighted by Crippen LogP contribution is -2.49. The van der Waals surface area contributed by atoms with E-state index in [9.17, 15) is 5.11 Å². The number of thiophene rings is 1. The van der Waals surface area contributed by atoms with Crippen LogP contribution in [0.5, 0.6) is 0 Å². The van der Waals surface area contributed by atoms with E-state index in [1.165, 1.54) is 5.00 Å². The molecule has 1 atom stereocenters. The maximum Gasteiger partial charge on any atom is 0.191 e. The summed E-state index contributed by atoms with van der Waals surface area (Å²) in [6, 6.07) is 8.22. The van der Waals surface area contributed by atoms with E-state index < -0.39 is 5.60 Å². The van der Waals surface area contributed by atoms with Crippen LogP contribution in [0.15, 0.2) is 45.3 Å². The first-order chi connectivity index (χ1) is 12.6. The van der Waals surface area contributed by atoms with Crippen LogP contribution in [0.1, 0.15) is 32.4 Å². The Hall–Kier alpha value is -1.26. The lowest BCUT2D eigenvalue weighted by atomic mass is 10.0. The van der Waals surface area contributed by atoms with Gasteiger partial charge in [-0.15, -0.1) is 35.3 Å². The molecule has 1 aliphatic rings. The predicted molar refractivity (Wildman–Crippen MR) is 122 cm³/mol. The van der Waals surface area contributed by atoms with E-state index in [2.05, 4.69) is 38.0 Å². The summed E-state index contributed by atoms with van der Waals surface area (Å²) < 4.78 is 5.32. The van der Waals surface area contributed by atoms with Gasteiger partial charge in [0.05, 0.1) is 17.8 Å². The number of aliphatic imine (C=N–C) groups is 1. The molecule has 0 saturated carbocycles. The molecule has 2 aromatic heterocycles. The highest BCUT2D eigenvalue weighted by Gasteiger charge is 2.26. The van der Waals surface area contributed by atoms with Crippen molar-refractivity contribution in [2.24, 2.45) is 4.99 Å². The van der Waals surface area contributed by atoms with Crippen molar-refractivity contribution in [3.63, 3.8) is 0 Å². The normalized spacial score (nSPS) is 17.9. The third-order valence-electron chi connectivity index (χ3n) is 4.59. The quantitative estimate of drug-likeness (QED) is 0.320. The van der Waals surface area contributed by atoms with Crippen LogP contribution in [-0.2, 0) is 5.60 Å². The van der Waals surface area contributed by atoms with E-state index >= 15 is 0 Å². The molecule has 1 aliphatic heterocycles. The van der Waals surface area contributed by atoms with Crippen molar-refractivity contribution < 1.29 is 9.52 Å². The third kappa shape index (κ3) is 6.11. The third-order valence-corrected chi connectivity index (χ3v) is 5.52. The molecule has 0 amide bonds. The summed E-state index contributed by atoms with van der Waals surface area (Å²) in [4.78, 5) is 7.02. The Bertz CT molecular complexity index is 681. The highest BCUT2D eigenvalue weighted by molar-refractivity contribution is 14.0. The van der Waals surface area contributed by atoms with Gasteiger partial charge in [0.1, 0.15) is 11.4 Å². The van der Waals surface area contributed by atoms with Gasteiger partial charge in [-0.25, -0.2) is 4.99 Å². The molecule has 1 unspecified atom stereocenters. The number of hydrogen-bond acceptors (Lipinski definition) is 5. The lowest BCUT2D eigenvalue weighted by molar-refractivity contribution is 0.0436. The van der Waals surface area contributed by atoms with Crippen LogP contribution in [0.3, 0.4) is 0 Å². The van der Waals surface area contributed by atoms with Gasteiger partial charge in [0.25, 0.3) is 0 Å². The molecule has 2 aromatic rings. The maximum atomic E-state index is 10.6. The number of guanidine groups is 1. The number of nitrogens with one attached hydrogen (secondary N) is 2. The monoisotopic (exact) mass is 504 g/mol. The largest absolute Gasteiger partial charge is 0.466 e. The van der Waals surface area contributed by atoms with E-state index in [0.717, 1.165) is 38.4 Å². The van der Waals surface area contributed by atoms with Crippen LogP contribution < -0.4 is 15.5 Å². The van der Waals surface area contributed by atoms with Crippen LogP contribution in [0, 0.1) is 0 Å². The smallest absolute Gasteiger partial charge is 0.191 e. The van der Waals surface area contributed by atoms with Crippen LogP contribution in [0.2, 0.25) is 0 Å². The summed E-state index contributed by atoms with van der Waals surface area (Å²) in [7, 11) is 0. The zero-order valence-corrected chi connectivity index (χ0v) is 19.0. The van der Waals surface area contributed by atoms with Crippen LogP contribution in [0.4, 0.5) is 5.00 Å². The van der Waals surface area contributed by atoms with E-state index in [4.69, 9.17) is 4.42 Å². The molecule has 3 N–H and O–H groups in total. The van der Waals surface area contributed by atoms with Crippen LogP contribution in [0.25, 0.3) is 0 Å². The molecule has 3 rings (SSSR count). The second-order valence-corrected chi connectivity index (χ2v) is 7.73. The summed E-state index contributed by atoms with van der Waals surface area (Å²) in [6.45, 7) is 6.87. The highest BCUT2D eigenvalue weighted by Crippen LogP contribution is 2.25. The molecule has 1 fully saturated rings. The molecular formula is C19H29IN4O2S. The summed E-state index contributed by atoms with van der Waals surface area (Å²) in [5.41, 5.74) is -1.12. The summed E-state index contributed by atoms with van der Waals surface area (Å²) >= 11 is 1.79. The molecule has 0 radical (unpaired) electrons. The van der Waals surface area contributed by atoms with Gasteiger partial charge in [0.2, 0.25) is 0 Å². The van der Waals surface area contributed by atoms with Gasteiger partial charge in [0.15, 0.2) is 5.96 Å². The van der Waals surface area contributed by atoms with Gasteiger partial charge < -0.3 is 25.1 Å². The molecular weight excluding hydrogens is 475 g/mol. The first-order valence-electron chi connectivity index (χ1n) is 9.18. The van der Waals surface area contributed by atoms with Crippen LogP contribution >= 0.6 is 35.3 Å². The minimum Gasteiger partial charge on any atom is -0.466 e. The summed E-state index contributed by atoms with van der Waals surface area (Å²) in [5.74, 6) is 1.27. The van der Waals surface area contributed by atoms with E-state index in [1.807, 2.05) is 6.92 Å². The molecule has 0 aliphatic carbocycles. The first-order valence-corrected chi connectivity index (χ1v) is 10.1. The Balaban J connectivity index is 0.00000261. The predicted octanol–water partition coefficient (Wildman–Crippen LogP) is 3.39. The molecule has 1 saturated heterocycles. The molecule has 3 heterocycles. The van der Waals surface area contributed by atoms with Gasteiger partial charge >= 0.3 is 0 Å². The molecule has 27 heavy (non-hydrogen) atoms. The van der Waals surface area contributed by atoms with E-state index in [-0.39, 0.29) is 30.5 Å². The second-order valence-electron chi connectivity index (χ2n) is 6.80. The minimum atomic E-state index is -1.12. The average molecular weight is 504 g/mol. The Morgan fingerprint density at radius 1 is 1.37 bits per heavy atom. The SMILES string of the molecule is CCNC(=NCC(C)(O)c1ccco1)NC1CCN(c2cccs2)CC1.I. The Labute approximate surface area is 182 Å². The van der Waals surface area contributed by atoms with Gasteiger partial charge in [-0.3, -0.25) is 0 Å². The number of furan rings is 1. The fourth-order valence-electron chi connectivity index (χ4n) is 3.10. The second kappa shape index (κ2) is 10.3. The molecule has 6 nitrogen and oxygen atoms in total. The summed E-state index contributed by atoms with van der Waals surface area (Å²) in [6.07, 6.45) is 3.70. The van der Waals surface area contributed by atoms with Crippen molar-refractivity contribution in [1.82, 2.24) is 10.6 Å². The van der Waals surface area contributed by atoms with Gasteiger partial charge in [-0.1, -0.05) is 0 Å². The number of halogens is 1. The number of hydrogen-bond donors (Lipinski definition) is 3. The Morgan fingerprint density at radius 3 is 2.74 bits per heavy atom. The Kier molecular flexibility index (Phi) is 8.43. The maximum absolute atomic E-state index is 10.6. The molecule has 150 valence electrons. The van der Waals surface area contributed by atoms with Crippen LogP contribution in [-0.4, -0.2) is 43.3 Å². The van der Waals surface area contributed by atoms with Crippen molar-refractivity contribution >= 4 is 46.3 Å². The molecule has 0 spiro atoms. The van der Waals surface area contributed by atoms with Crippen molar-refractivity contribution in [3.05, 3.63) is 41.7 Å².